The Morgan fingerprint density at radius 2 is 1.98 bits per heavy atom. The van der Waals surface area contributed by atoms with Crippen LogP contribution in [-0.2, 0) is 30.8 Å². The van der Waals surface area contributed by atoms with Gasteiger partial charge in [-0.2, -0.15) is 5.26 Å². The Labute approximate surface area is 248 Å². The molecular formula is C33H42N8O. The number of rotatable bonds is 9. The van der Waals surface area contributed by atoms with Crippen LogP contribution in [0, 0.1) is 22.7 Å². The molecule has 220 valence electrons. The van der Waals surface area contributed by atoms with E-state index >= 15 is 0 Å². The minimum Gasteiger partial charge on any atom is -0.382 e. The third-order valence-corrected chi connectivity index (χ3v) is 9.85. The molecule has 2 fully saturated rings. The monoisotopic (exact) mass is 566 g/mol. The van der Waals surface area contributed by atoms with Gasteiger partial charge in [-0.15, -0.1) is 10.2 Å². The summed E-state index contributed by atoms with van der Waals surface area (Å²) in [5.74, 6) is 0.697. The van der Waals surface area contributed by atoms with Gasteiger partial charge in [0.15, 0.2) is 0 Å². The average molecular weight is 567 g/mol. The topological polar surface area (TPSA) is 121 Å². The molecule has 3 N–H and O–H groups in total. The molecule has 2 aliphatic carbocycles. The lowest BCUT2D eigenvalue weighted by atomic mass is 9.57. The summed E-state index contributed by atoms with van der Waals surface area (Å²) in [4.78, 5) is 18.6. The molecule has 6 rings (SSSR count). The molecule has 0 saturated heterocycles. The number of nitrogens with zero attached hydrogens (tertiary/aromatic N) is 5. The first-order chi connectivity index (χ1) is 20.1. The molecule has 42 heavy (non-hydrogen) atoms. The number of aromatic nitrogens is 4. The molecule has 1 aromatic carbocycles. The lowest BCUT2D eigenvalue weighted by Crippen LogP contribution is -2.43. The van der Waals surface area contributed by atoms with Crippen molar-refractivity contribution in [2.24, 2.45) is 18.4 Å². The van der Waals surface area contributed by atoms with Crippen LogP contribution in [0.1, 0.15) is 92.4 Å². The van der Waals surface area contributed by atoms with Crippen LogP contribution < -0.4 is 16.0 Å². The number of hydrogen-bond donors (Lipinski definition) is 3. The van der Waals surface area contributed by atoms with E-state index in [0.717, 1.165) is 60.0 Å². The van der Waals surface area contributed by atoms with Crippen molar-refractivity contribution < 1.29 is 4.79 Å². The summed E-state index contributed by atoms with van der Waals surface area (Å²) in [6.07, 6.45) is 9.08. The number of nitriles is 1. The molecule has 3 aliphatic rings. The minimum absolute atomic E-state index is 0.0207. The smallest absolute Gasteiger partial charge is 0.274 e. The molecule has 2 aromatic heterocycles. The molecule has 9 heteroatoms. The number of nitrogens with one attached hydrogen (secondary N) is 3. The van der Waals surface area contributed by atoms with E-state index in [1.165, 1.54) is 25.7 Å². The number of aryl methyl sites for hydroxylation is 1. The van der Waals surface area contributed by atoms with Crippen LogP contribution >= 0.6 is 0 Å². The van der Waals surface area contributed by atoms with Crippen molar-refractivity contribution in [2.75, 3.05) is 23.7 Å². The maximum Gasteiger partial charge on any atom is 0.274 e. The number of anilines is 2. The normalized spacial score (nSPS) is 23.5. The molecule has 0 bridgehead atoms. The molecular weight excluding hydrogens is 524 g/mol. The summed E-state index contributed by atoms with van der Waals surface area (Å²) in [6.45, 7) is 9.19. The SMILES string of the molecule is Cn1cnnc1CC1(c2cccc(NC(=O)c3cc(CNCC4(C)CCCC4)c4c(n3)C(C)(C)CN4)c2)CC(C#N)C1. The van der Waals surface area contributed by atoms with Gasteiger partial charge in [0.25, 0.3) is 5.91 Å². The van der Waals surface area contributed by atoms with Crippen molar-refractivity contribution in [1.82, 2.24) is 25.1 Å². The van der Waals surface area contributed by atoms with Gasteiger partial charge in [0.2, 0.25) is 0 Å². The van der Waals surface area contributed by atoms with Gasteiger partial charge < -0.3 is 20.5 Å². The van der Waals surface area contributed by atoms with Gasteiger partial charge in [0.1, 0.15) is 17.8 Å². The molecule has 3 heterocycles. The molecule has 1 aliphatic heterocycles. The molecule has 1 amide bonds. The van der Waals surface area contributed by atoms with E-state index in [-0.39, 0.29) is 22.7 Å². The standard InChI is InChI=1S/C33H42N8O/c1-31(2)19-36-28-23(18-35-20-32(3)10-5-6-11-32)12-26(39-29(28)31)30(42)38-25-9-7-8-24(13-25)33(14-22(15-33)17-34)16-27-40-37-21-41(27)4/h7-9,12-13,21-22,35-36H,5-6,10-11,14-16,18-20H2,1-4H3,(H,38,42). The highest BCUT2D eigenvalue weighted by Gasteiger charge is 2.46. The number of pyridine rings is 1. The number of benzene rings is 1. The zero-order valence-electron chi connectivity index (χ0n) is 25.3. The molecule has 0 unspecified atom stereocenters. The Morgan fingerprint density at radius 1 is 1.19 bits per heavy atom. The Bertz CT molecular complexity index is 1520. The van der Waals surface area contributed by atoms with Gasteiger partial charge in [-0.3, -0.25) is 4.79 Å². The summed E-state index contributed by atoms with van der Waals surface area (Å²) in [5, 5.41) is 28.3. The van der Waals surface area contributed by atoms with Crippen molar-refractivity contribution >= 4 is 17.3 Å². The highest BCUT2D eigenvalue weighted by molar-refractivity contribution is 6.03. The Morgan fingerprint density at radius 3 is 2.69 bits per heavy atom. The highest BCUT2D eigenvalue weighted by Crippen LogP contribution is 2.50. The van der Waals surface area contributed by atoms with Gasteiger partial charge in [-0.05, 0) is 60.4 Å². The van der Waals surface area contributed by atoms with Crippen LogP contribution in [0.25, 0.3) is 0 Å². The Kier molecular flexibility index (Phi) is 7.30. The largest absolute Gasteiger partial charge is 0.382 e. The van der Waals surface area contributed by atoms with Crippen molar-refractivity contribution in [1.29, 1.82) is 5.26 Å². The second-order valence-electron chi connectivity index (χ2n) is 13.8. The Hall–Kier alpha value is -3.77. The van der Waals surface area contributed by atoms with E-state index in [4.69, 9.17) is 4.98 Å². The molecule has 0 atom stereocenters. The van der Waals surface area contributed by atoms with Crippen LogP contribution in [0.3, 0.4) is 0 Å². The van der Waals surface area contributed by atoms with Crippen LogP contribution in [-0.4, -0.2) is 38.7 Å². The van der Waals surface area contributed by atoms with Gasteiger partial charge >= 0.3 is 0 Å². The minimum atomic E-state index is -0.215. The maximum absolute atomic E-state index is 13.7. The highest BCUT2D eigenvalue weighted by atomic mass is 16.1. The third kappa shape index (κ3) is 5.40. The van der Waals surface area contributed by atoms with Gasteiger partial charge in [0, 0.05) is 55.5 Å². The first-order valence-corrected chi connectivity index (χ1v) is 15.2. The van der Waals surface area contributed by atoms with E-state index in [1.807, 2.05) is 35.9 Å². The van der Waals surface area contributed by atoms with Gasteiger partial charge in [-0.1, -0.05) is 45.7 Å². The van der Waals surface area contributed by atoms with E-state index in [9.17, 15) is 10.1 Å². The lowest BCUT2D eigenvalue weighted by Gasteiger charge is -2.45. The second kappa shape index (κ2) is 10.8. The fraction of sp³-hybridized carbons (Fsp3) is 0.545. The summed E-state index contributed by atoms with van der Waals surface area (Å²) in [5.41, 5.74) is 5.34. The average Bonchev–Trinajstić information content (AvgIpc) is 3.64. The summed E-state index contributed by atoms with van der Waals surface area (Å²) >= 11 is 0. The predicted octanol–water partition coefficient (Wildman–Crippen LogP) is 5.25. The van der Waals surface area contributed by atoms with Crippen LogP contribution in [0.15, 0.2) is 36.7 Å². The van der Waals surface area contributed by atoms with E-state index in [0.29, 0.717) is 24.1 Å². The van der Waals surface area contributed by atoms with Crippen molar-refractivity contribution in [3.63, 3.8) is 0 Å². The molecule has 9 nitrogen and oxygen atoms in total. The summed E-state index contributed by atoms with van der Waals surface area (Å²) in [7, 11) is 1.94. The predicted molar refractivity (Wildman–Crippen MR) is 163 cm³/mol. The number of carbonyl (C=O) groups excluding carboxylic acids is 1. The number of amides is 1. The van der Waals surface area contributed by atoms with Gasteiger partial charge in [0.05, 0.1) is 17.5 Å². The first-order valence-electron chi connectivity index (χ1n) is 15.2. The quantitative estimate of drug-likeness (QED) is 0.324. The first kappa shape index (κ1) is 28.4. The second-order valence-corrected chi connectivity index (χ2v) is 13.8. The lowest BCUT2D eigenvalue weighted by molar-refractivity contribution is 0.102. The zero-order chi connectivity index (χ0) is 29.5. The Balaban J connectivity index is 1.23. The molecule has 2 saturated carbocycles. The van der Waals surface area contributed by atoms with Crippen molar-refractivity contribution in [3.8, 4) is 6.07 Å². The molecule has 0 spiro atoms. The zero-order valence-corrected chi connectivity index (χ0v) is 25.3. The molecule has 0 radical (unpaired) electrons. The van der Waals surface area contributed by atoms with Crippen LogP contribution in [0.5, 0.6) is 0 Å². The van der Waals surface area contributed by atoms with Crippen LogP contribution in [0.2, 0.25) is 0 Å². The number of hydrogen-bond acceptors (Lipinski definition) is 7. The maximum atomic E-state index is 13.7. The fourth-order valence-corrected chi connectivity index (χ4v) is 7.19. The summed E-state index contributed by atoms with van der Waals surface area (Å²) in [6, 6.07) is 12.4. The van der Waals surface area contributed by atoms with Crippen molar-refractivity contribution in [2.45, 2.75) is 83.1 Å². The van der Waals surface area contributed by atoms with E-state index < -0.39 is 0 Å². The van der Waals surface area contributed by atoms with E-state index in [1.54, 1.807) is 6.33 Å². The summed E-state index contributed by atoms with van der Waals surface area (Å²) < 4.78 is 1.93. The van der Waals surface area contributed by atoms with E-state index in [2.05, 4.69) is 59.1 Å². The van der Waals surface area contributed by atoms with Gasteiger partial charge in [-0.25, -0.2) is 4.98 Å². The van der Waals surface area contributed by atoms with Crippen molar-refractivity contribution in [3.05, 3.63) is 65.0 Å². The molecule has 3 aromatic rings. The van der Waals surface area contributed by atoms with Crippen LogP contribution in [0.4, 0.5) is 11.4 Å². The fourth-order valence-electron chi connectivity index (χ4n) is 7.19. The third-order valence-electron chi connectivity index (χ3n) is 9.85. The number of fused-ring (bicyclic) bond motifs is 1. The number of carbonyl (C=O) groups is 1.